The van der Waals surface area contributed by atoms with Crippen molar-refractivity contribution in [1.29, 1.82) is 0 Å². The van der Waals surface area contributed by atoms with Crippen molar-refractivity contribution in [3.05, 3.63) is 12.3 Å². The molecule has 0 saturated heterocycles. The number of nitrogens with one attached hydrogen (secondary N) is 1. The average molecular weight is 350 g/mol. The van der Waals surface area contributed by atoms with Gasteiger partial charge in [0, 0.05) is 5.70 Å². The monoisotopic (exact) mass is 349 g/mol. The fraction of sp³-hybridized carbons (Fsp3) is 0.913. The van der Waals surface area contributed by atoms with E-state index in [4.69, 9.17) is 4.84 Å². The van der Waals surface area contributed by atoms with Gasteiger partial charge in [-0.3, -0.25) is 10.3 Å². The normalized spacial score (nSPS) is 30.2. The third-order valence-electron chi connectivity index (χ3n) is 6.78. The van der Waals surface area contributed by atoms with Crippen molar-refractivity contribution in [3.8, 4) is 0 Å². The Morgan fingerprint density at radius 1 is 0.920 bits per heavy atom. The fourth-order valence-corrected chi connectivity index (χ4v) is 4.90. The highest BCUT2D eigenvalue weighted by molar-refractivity contribution is 4.87. The average Bonchev–Trinajstić information content (AvgIpc) is 2.64. The zero-order valence-electron chi connectivity index (χ0n) is 17.0. The second-order valence-electron chi connectivity index (χ2n) is 8.95. The first-order valence-corrected chi connectivity index (χ1v) is 11.2. The molecule has 0 unspecified atom stereocenters. The molecule has 0 atom stereocenters. The number of hydrogen-bond acceptors (Lipinski definition) is 2. The summed E-state index contributed by atoms with van der Waals surface area (Å²) in [6.45, 7) is 9.48. The van der Waals surface area contributed by atoms with Gasteiger partial charge in [0.1, 0.15) is 0 Å². The predicted octanol–water partition coefficient (Wildman–Crippen LogP) is 7.01. The lowest BCUT2D eigenvalue weighted by Crippen LogP contribution is -2.25. The molecule has 0 aromatic carbocycles. The summed E-state index contributed by atoms with van der Waals surface area (Å²) in [6.07, 6.45) is 19.4. The van der Waals surface area contributed by atoms with Gasteiger partial charge in [-0.25, -0.2) is 0 Å². The quantitative estimate of drug-likeness (QED) is 0.320. The van der Waals surface area contributed by atoms with Crippen molar-refractivity contribution in [2.75, 3.05) is 6.61 Å². The zero-order chi connectivity index (χ0) is 17.9. The molecule has 0 heterocycles. The lowest BCUT2D eigenvalue weighted by molar-refractivity contribution is 0.0584. The number of hydrogen-bond donors (Lipinski definition) is 1. The van der Waals surface area contributed by atoms with Crippen LogP contribution in [-0.4, -0.2) is 6.61 Å². The second kappa shape index (κ2) is 12.0. The summed E-state index contributed by atoms with van der Waals surface area (Å²) in [7, 11) is 0. The van der Waals surface area contributed by atoms with Crippen molar-refractivity contribution in [2.45, 2.75) is 104 Å². The van der Waals surface area contributed by atoms with E-state index in [9.17, 15) is 0 Å². The van der Waals surface area contributed by atoms with Gasteiger partial charge in [-0.05, 0) is 68.6 Å². The molecule has 0 aliphatic heterocycles. The van der Waals surface area contributed by atoms with Gasteiger partial charge in [0.25, 0.3) is 0 Å². The van der Waals surface area contributed by atoms with E-state index < -0.39 is 0 Å². The van der Waals surface area contributed by atoms with E-state index in [1.165, 1.54) is 77.0 Å². The Labute approximate surface area is 157 Å². The van der Waals surface area contributed by atoms with E-state index in [-0.39, 0.29) is 0 Å². The molecule has 2 heteroatoms. The van der Waals surface area contributed by atoms with Crippen LogP contribution in [-0.2, 0) is 4.84 Å². The van der Waals surface area contributed by atoms with Crippen LogP contribution in [0.15, 0.2) is 12.3 Å². The van der Waals surface area contributed by atoms with Gasteiger partial charge in [0.2, 0.25) is 0 Å². The van der Waals surface area contributed by atoms with E-state index in [1.54, 1.807) is 0 Å². The fourth-order valence-electron chi connectivity index (χ4n) is 4.90. The highest BCUT2D eigenvalue weighted by Crippen LogP contribution is 2.42. The van der Waals surface area contributed by atoms with Crippen LogP contribution in [0, 0.1) is 23.7 Å². The number of rotatable bonds is 11. The first-order chi connectivity index (χ1) is 12.2. The summed E-state index contributed by atoms with van der Waals surface area (Å²) >= 11 is 0. The van der Waals surface area contributed by atoms with Crippen molar-refractivity contribution in [2.24, 2.45) is 23.7 Å². The minimum absolute atomic E-state index is 0.790. The molecule has 0 radical (unpaired) electrons. The zero-order valence-corrected chi connectivity index (χ0v) is 17.0. The van der Waals surface area contributed by atoms with Crippen LogP contribution in [0.5, 0.6) is 0 Å². The van der Waals surface area contributed by atoms with Crippen LogP contribution in [0.1, 0.15) is 104 Å². The topological polar surface area (TPSA) is 21.3 Å². The van der Waals surface area contributed by atoms with Crippen molar-refractivity contribution >= 4 is 0 Å². The van der Waals surface area contributed by atoms with Gasteiger partial charge in [-0.15, -0.1) is 0 Å². The van der Waals surface area contributed by atoms with Gasteiger partial charge >= 0.3 is 0 Å². The molecule has 1 N–H and O–H groups in total. The molecule has 2 aliphatic carbocycles. The summed E-state index contributed by atoms with van der Waals surface area (Å²) < 4.78 is 0. The summed E-state index contributed by atoms with van der Waals surface area (Å²) in [5, 5.41) is 0. The van der Waals surface area contributed by atoms with Crippen molar-refractivity contribution < 1.29 is 4.84 Å². The summed E-state index contributed by atoms with van der Waals surface area (Å²) in [5.74, 6) is 4.13. The Balaban J connectivity index is 1.47. The van der Waals surface area contributed by atoms with Crippen LogP contribution < -0.4 is 5.48 Å². The molecule has 2 aliphatic rings. The van der Waals surface area contributed by atoms with Crippen LogP contribution in [0.3, 0.4) is 0 Å². The highest BCUT2D eigenvalue weighted by atomic mass is 16.6. The van der Waals surface area contributed by atoms with E-state index in [0.29, 0.717) is 0 Å². The Hall–Kier alpha value is -0.500. The molecule has 25 heavy (non-hydrogen) atoms. The third kappa shape index (κ3) is 8.15. The van der Waals surface area contributed by atoms with E-state index >= 15 is 0 Å². The molecule has 2 saturated carbocycles. The number of unbranched alkanes of at least 4 members (excludes halogenated alkanes) is 2. The SMILES string of the molecule is C=C(CCCCC1CCC(C2CCC(C)CC2)CC1)NOCCCC. The van der Waals surface area contributed by atoms with Crippen LogP contribution in [0.2, 0.25) is 0 Å². The summed E-state index contributed by atoms with van der Waals surface area (Å²) in [4.78, 5) is 5.41. The van der Waals surface area contributed by atoms with Crippen LogP contribution in [0.4, 0.5) is 0 Å². The first-order valence-electron chi connectivity index (χ1n) is 11.2. The maximum atomic E-state index is 5.41. The Kier molecular flexibility index (Phi) is 9.98. The molecule has 2 nitrogen and oxygen atoms in total. The number of allylic oxidation sites excluding steroid dienone is 1. The summed E-state index contributed by atoms with van der Waals surface area (Å²) in [6, 6.07) is 0. The molecule has 0 bridgehead atoms. The molecular formula is C23H43NO. The molecule has 0 aromatic rings. The minimum Gasteiger partial charge on any atom is -0.276 e. The van der Waals surface area contributed by atoms with Crippen molar-refractivity contribution in [1.82, 2.24) is 5.48 Å². The standard InChI is InChI=1S/C23H43NO/c1-4-5-18-25-24-20(3)8-6-7-9-21-12-16-23(17-13-21)22-14-10-19(2)11-15-22/h19,21-24H,3-18H2,1-2H3. The molecule has 146 valence electrons. The van der Waals surface area contributed by atoms with Gasteiger partial charge in [-0.2, -0.15) is 0 Å². The van der Waals surface area contributed by atoms with Gasteiger partial charge in [0.05, 0.1) is 6.61 Å². The maximum Gasteiger partial charge on any atom is 0.0745 e. The Morgan fingerprint density at radius 2 is 1.56 bits per heavy atom. The van der Waals surface area contributed by atoms with Gasteiger partial charge < -0.3 is 0 Å². The van der Waals surface area contributed by atoms with Gasteiger partial charge in [0.15, 0.2) is 0 Å². The smallest absolute Gasteiger partial charge is 0.0745 e. The lowest BCUT2D eigenvalue weighted by atomic mass is 9.69. The predicted molar refractivity (Wildman–Crippen MR) is 108 cm³/mol. The molecule has 2 rings (SSSR count). The van der Waals surface area contributed by atoms with E-state index in [2.05, 4.69) is 25.9 Å². The van der Waals surface area contributed by atoms with E-state index in [1.807, 2.05) is 0 Å². The molecule has 0 aromatic heterocycles. The first kappa shape index (κ1) is 20.8. The Bertz CT molecular complexity index is 351. The Morgan fingerprint density at radius 3 is 2.20 bits per heavy atom. The largest absolute Gasteiger partial charge is 0.276 e. The van der Waals surface area contributed by atoms with E-state index in [0.717, 1.165) is 48.8 Å². The second-order valence-corrected chi connectivity index (χ2v) is 8.95. The van der Waals surface area contributed by atoms with Crippen LogP contribution in [0.25, 0.3) is 0 Å². The lowest BCUT2D eigenvalue weighted by Gasteiger charge is -2.37. The summed E-state index contributed by atoms with van der Waals surface area (Å²) in [5.41, 5.74) is 4.05. The van der Waals surface area contributed by atoms with Crippen LogP contribution >= 0.6 is 0 Å². The molecular weight excluding hydrogens is 306 g/mol. The number of hydroxylamine groups is 1. The molecule has 0 amide bonds. The highest BCUT2D eigenvalue weighted by Gasteiger charge is 2.29. The maximum absolute atomic E-state index is 5.41. The third-order valence-corrected chi connectivity index (χ3v) is 6.78. The molecule has 2 fully saturated rings. The molecule has 0 spiro atoms. The van der Waals surface area contributed by atoms with Crippen molar-refractivity contribution in [3.63, 3.8) is 0 Å². The minimum atomic E-state index is 0.790. The van der Waals surface area contributed by atoms with Gasteiger partial charge in [-0.1, -0.05) is 65.4 Å².